The van der Waals surface area contributed by atoms with E-state index in [1.165, 1.54) is 0 Å². The van der Waals surface area contributed by atoms with Crippen LogP contribution in [0.4, 0.5) is 5.69 Å². The number of aromatic nitrogens is 1. The Labute approximate surface area is 102 Å². The van der Waals surface area contributed by atoms with Crippen LogP contribution in [-0.4, -0.2) is 22.5 Å². The molecule has 4 nitrogen and oxygen atoms in total. The first-order valence-corrected chi connectivity index (χ1v) is 5.99. The van der Waals surface area contributed by atoms with Gasteiger partial charge in [-0.15, -0.1) is 0 Å². The zero-order valence-corrected chi connectivity index (χ0v) is 10.6. The SMILES string of the molecule is CC(C)(C)Nc1ccnc(C(=O)NC2CC2)c1. The highest BCUT2D eigenvalue weighted by molar-refractivity contribution is 5.93. The Bertz CT molecular complexity index is 419. The Morgan fingerprint density at radius 3 is 2.71 bits per heavy atom. The summed E-state index contributed by atoms with van der Waals surface area (Å²) in [6.07, 6.45) is 3.84. The van der Waals surface area contributed by atoms with E-state index in [1.807, 2.05) is 6.07 Å². The van der Waals surface area contributed by atoms with Gasteiger partial charge in [-0.3, -0.25) is 9.78 Å². The van der Waals surface area contributed by atoms with Crippen LogP contribution in [0.25, 0.3) is 0 Å². The quantitative estimate of drug-likeness (QED) is 0.841. The maximum atomic E-state index is 11.8. The molecule has 0 aliphatic heterocycles. The normalized spacial score (nSPS) is 15.5. The third-order valence-corrected chi connectivity index (χ3v) is 2.42. The van der Waals surface area contributed by atoms with Crippen LogP contribution in [0.1, 0.15) is 44.1 Å². The maximum absolute atomic E-state index is 11.8. The van der Waals surface area contributed by atoms with E-state index in [2.05, 4.69) is 36.4 Å². The number of anilines is 1. The molecule has 1 aliphatic rings. The average Bonchev–Trinajstić information content (AvgIpc) is 2.99. The second-order valence-electron chi connectivity index (χ2n) is 5.55. The highest BCUT2D eigenvalue weighted by Crippen LogP contribution is 2.20. The summed E-state index contributed by atoms with van der Waals surface area (Å²) in [6.45, 7) is 6.24. The summed E-state index contributed by atoms with van der Waals surface area (Å²) in [6, 6.07) is 4.03. The molecule has 1 saturated carbocycles. The van der Waals surface area contributed by atoms with Crippen LogP contribution in [0, 0.1) is 0 Å². The number of nitrogens with zero attached hydrogens (tertiary/aromatic N) is 1. The minimum absolute atomic E-state index is 0.0222. The van der Waals surface area contributed by atoms with Crippen molar-refractivity contribution in [1.82, 2.24) is 10.3 Å². The average molecular weight is 233 g/mol. The minimum atomic E-state index is -0.0786. The van der Waals surface area contributed by atoms with Gasteiger partial charge < -0.3 is 10.6 Å². The third kappa shape index (κ3) is 3.73. The summed E-state index contributed by atoms with van der Waals surface area (Å²) in [5.74, 6) is -0.0786. The van der Waals surface area contributed by atoms with Crippen molar-refractivity contribution in [2.75, 3.05) is 5.32 Å². The Morgan fingerprint density at radius 2 is 2.12 bits per heavy atom. The van der Waals surface area contributed by atoms with Crippen molar-refractivity contribution in [3.8, 4) is 0 Å². The Kier molecular flexibility index (Phi) is 3.05. The van der Waals surface area contributed by atoms with Crippen LogP contribution in [-0.2, 0) is 0 Å². The van der Waals surface area contributed by atoms with Crippen LogP contribution >= 0.6 is 0 Å². The zero-order valence-electron chi connectivity index (χ0n) is 10.6. The van der Waals surface area contributed by atoms with Crippen molar-refractivity contribution in [3.63, 3.8) is 0 Å². The van der Waals surface area contributed by atoms with Crippen molar-refractivity contribution in [2.45, 2.75) is 45.2 Å². The largest absolute Gasteiger partial charge is 0.380 e. The van der Waals surface area contributed by atoms with Gasteiger partial charge in [0.25, 0.3) is 5.91 Å². The molecular weight excluding hydrogens is 214 g/mol. The van der Waals surface area contributed by atoms with E-state index in [-0.39, 0.29) is 11.4 Å². The lowest BCUT2D eigenvalue weighted by atomic mass is 10.1. The molecule has 92 valence electrons. The Morgan fingerprint density at radius 1 is 1.41 bits per heavy atom. The van der Waals surface area contributed by atoms with E-state index in [0.717, 1.165) is 18.5 Å². The van der Waals surface area contributed by atoms with E-state index < -0.39 is 0 Å². The molecule has 2 rings (SSSR count). The van der Waals surface area contributed by atoms with Gasteiger partial charge in [-0.25, -0.2) is 0 Å². The third-order valence-electron chi connectivity index (χ3n) is 2.42. The molecule has 1 fully saturated rings. The summed E-state index contributed by atoms with van der Waals surface area (Å²) in [5.41, 5.74) is 1.38. The van der Waals surface area contributed by atoms with E-state index in [0.29, 0.717) is 11.7 Å². The Balaban J connectivity index is 2.07. The lowest BCUT2D eigenvalue weighted by Crippen LogP contribution is -2.28. The van der Waals surface area contributed by atoms with Crippen LogP contribution in [0.15, 0.2) is 18.3 Å². The molecule has 0 atom stereocenters. The lowest BCUT2D eigenvalue weighted by molar-refractivity contribution is 0.0946. The minimum Gasteiger partial charge on any atom is -0.380 e. The number of carbonyl (C=O) groups excluding carboxylic acids is 1. The Hall–Kier alpha value is -1.58. The van der Waals surface area contributed by atoms with Crippen molar-refractivity contribution in [3.05, 3.63) is 24.0 Å². The molecular formula is C13H19N3O. The van der Waals surface area contributed by atoms with Crippen molar-refractivity contribution >= 4 is 11.6 Å². The molecule has 0 unspecified atom stereocenters. The van der Waals surface area contributed by atoms with Gasteiger partial charge in [-0.2, -0.15) is 0 Å². The predicted octanol–water partition coefficient (Wildman–Crippen LogP) is 2.18. The van der Waals surface area contributed by atoms with Gasteiger partial charge in [0, 0.05) is 23.5 Å². The van der Waals surface area contributed by atoms with Crippen LogP contribution in [0.2, 0.25) is 0 Å². The number of pyridine rings is 1. The summed E-state index contributed by atoms with van der Waals surface area (Å²) >= 11 is 0. The van der Waals surface area contributed by atoms with Gasteiger partial charge in [-0.05, 0) is 45.7 Å². The standard InChI is InChI=1S/C13H19N3O/c1-13(2,3)16-10-6-7-14-11(8-10)12(17)15-9-4-5-9/h6-9H,4-5H2,1-3H3,(H,14,16)(H,15,17). The molecule has 0 radical (unpaired) electrons. The van der Waals surface area contributed by atoms with Crippen LogP contribution in [0.3, 0.4) is 0 Å². The fourth-order valence-electron chi connectivity index (χ4n) is 1.55. The van der Waals surface area contributed by atoms with Gasteiger partial charge in [0.2, 0.25) is 0 Å². The summed E-state index contributed by atoms with van der Waals surface area (Å²) in [4.78, 5) is 15.9. The topological polar surface area (TPSA) is 54.0 Å². The fourth-order valence-corrected chi connectivity index (χ4v) is 1.55. The summed E-state index contributed by atoms with van der Waals surface area (Å²) in [5, 5.41) is 6.26. The van der Waals surface area contributed by atoms with Gasteiger partial charge >= 0.3 is 0 Å². The fraction of sp³-hybridized carbons (Fsp3) is 0.538. The smallest absolute Gasteiger partial charge is 0.270 e. The molecule has 0 spiro atoms. The first-order chi connectivity index (χ1) is 7.94. The number of hydrogen-bond donors (Lipinski definition) is 2. The molecule has 2 N–H and O–H groups in total. The number of hydrogen-bond acceptors (Lipinski definition) is 3. The molecule has 1 aromatic rings. The summed E-state index contributed by atoms with van der Waals surface area (Å²) in [7, 11) is 0. The predicted molar refractivity (Wildman–Crippen MR) is 68.1 cm³/mol. The second kappa shape index (κ2) is 4.35. The van der Waals surface area contributed by atoms with E-state index in [4.69, 9.17) is 0 Å². The first-order valence-electron chi connectivity index (χ1n) is 5.99. The van der Waals surface area contributed by atoms with Gasteiger partial charge in [0.15, 0.2) is 0 Å². The van der Waals surface area contributed by atoms with E-state index in [1.54, 1.807) is 12.3 Å². The van der Waals surface area contributed by atoms with Crippen molar-refractivity contribution < 1.29 is 4.79 Å². The molecule has 0 bridgehead atoms. The zero-order chi connectivity index (χ0) is 12.5. The van der Waals surface area contributed by atoms with Crippen LogP contribution in [0.5, 0.6) is 0 Å². The van der Waals surface area contributed by atoms with Gasteiger partial charge in [-0.1, -0.05) is 0 Å². The van der Waals surface area contributed by atoms with Gasteiger partial charge in [0.1, 0.15) is 5.69 Å². The van der Waals surface area contributed by atoms with Crippen LogP contribution < -0.4 is 10.6 Å². The number of amides is 1. The first kappa shape index (κ1) is 11.9. The molecule has 1 aliphatic carbocycles. The lowest BCUT2D eigenvalue weighted by Gasteiger charge is -2.22. The molecule has 1 heterocycles. The van der Waals surface area contributed by atoms with E-state index in [9.17, 15) is 4.79 Å². The second-order valence-corrected chi connectivity index (χ2v) is 5.55. The number of nitrogens with one attached hydrogen (secondary N) is 2. The highest BCUT2D eigenvalue weighted by Gasteiger charge is 2.24. The molecule has 0 saturated heterocycles. The van der Waals surface area contributed by atoms with Crippen molar-refractivity contribution in [2.24, 2.45) is 0 Å². The molecule has 1 aromatic heterocycles. The van der Waals surface area contributed by atoms with Crippen molar-refractivity contribution in [1.29, 1.82) is 0 Å². The molecule has 0 aromatic carbocycles. The highest BCUT2D eigenvalue weighted by atomic mass is 16.2. The number of rotatable bonds is 3. The molecule has 4 heteroatoms. The van der Waals surface area contributed by atoms with E-state index >= 15 is 0 Å². The summed E-state index contributed by atoms with van der Waals surface area (Å²) < 4.78 is 0. The molecule has 1 amide bonds. The molecule has 17 heavy (non-hydrogen) atoms. The number of carbonyl (C=O) groups is 1. The maximum Gasteiger partial charge on any atom is 0.270 e. The monoisotopic (exact) mass is 233 g/mol. The van der Waals surface area contributed by atoms with Gasteiger partial charge in [0.05, 0.1) is 0 Å².